The maximum absolute atomic E-state index is 13.1. The van der Waals surface area contributed by atoms with E-state index in [-0.39, 0.29) is 35.3 Å². The Bertz CT molecular complexity index is 1180. The predicted molar refractivity (Wildman–Crippen MR) is 119 cm³/mol. The van der Waals surface area contributed by atoms with Crippen molar-refractivity contribution in [2.24, 2.45) is 0 Å². The Kier molecular flexibility index (Phi) is 5.81. The van der Waals surface area contributed by atoms with Crippen molar-refractivity contribution in [3.8, 4) is 0 Å². The van der Waals surface area contributed by atoms with E-state index in [2.05, 4.69) is 26.2 Å². The van der Waals surface area contributed by atoms with E-state index in [9.17, 15) is 14.4 Å². The second-order valence-electron chi connectivity index (χ2n) is 7.71. The normalized spacial score (nSPS) is 14.2. The maximum atomic E-state index is 13.1. The number of carbonyl (C=O) groups is 2. The van der Waals surface area contributed by atoms with Gasteiger partial charge >= 0.3 is 0 Å². The van der Waals surface area contributed by atoms with Gasteiger partial charge in [-0.1, -0.05) is 28.8 Å². The molecule has 6 nitrogen and oxygen atoms in total. The Morgan fingerprint density at radius 3 is 2.53 bits per heavy atom. The van der Waals surface area contributed by atoms with Crippen LogP contribution in [0.1, 0.15) is 47.3 Å². The third-order valence-corrected chi connectivity index (χ3v) is 5.97. The maximum Gasteiger partial charge on any atom is 0.240 e. The van der Waals surface area contributed by atoms with Gasteiger partial charge in [-0.05, 0) is 56.2 Å². The molecule has 7 heteroatoms. The van der Waals surface area contributed by atoms with Crippen LogP contribution >= 0.6 is 15.9 Å². The Hall–Kier alpha value is -2.80. The molecule has 4 rings (SSSR count). The topological polar surface area (TPSA) is 81.1 Å². The largest absolute Gasteiger partial charge is 0.352 e. The van der Waals surface area contributed by atoms with E-state index in [0.717, 1.165) is 35.8 Å². The summed E-state index contributed by atoms with van der Waals surface area (Å²) in [5, 5.41) is 3.38. The summed E-state index contributed by atoms with van der Waals surface area (Å²) in [7, 11) is 0. The molecule has 1 aliphatic rings. The van der Waals surface area contributed by atoms with Gasteiger partial charge in [0.1, 0.15) is 12.2 Å². The number of ketones is 1. The number of carbonyl (C=O) groups excluding carboxylic acids is 2. The second kappa shape index (κ2) is 8.52. The lowest BCUT2D eigenvalue weighted by Crippen LogP contribution is -2.35. The van der Waals surface area contributed by atoms with E-state index >= 15 is 0 Å². The number of nitrogens with zero attached hydrogens (tertiary/aromatic N) is 2. The summed E-state index contributed by atoms with van der Waals surface area (Å²) < 4.78 is 2.46. The molecule has 2 aromatic heterocycles. The highest BCUT2D eigenvalue weighted by Gasteiger charge is 2.21. The first-order valence-electron chi connectivity index (χ1n) is 10.0. The van der Waals surface area contributed by atoms with Gasteiger partial charge in [0.05, 0.1) is 10.9 Å². The Morgan fingerprint density at radius 1 is 1.13 bits per heavy atom. The van der Waals surface area contributed by atoms with Gasteiger partial charge in [-0.3, -0.25) is 14.4 Å². The average molecular weight is 468 g/mol. The van der Waals surface area contributed by atoms with Gasteiger partial charge in [-0.2, -0.15) is 0 Å². The third-order valence-electron chi connectivity index (χ3n) is 5.45. The van der Waals surface area contributed by atoms with Gasteiger partial charge in [-0.15, -0.1) is 0 Å². The molecule has 1 fully saturated rings. The smallest absolute Gasteiger partial charge is 0.240 e. The first kappa shape index (κ1) is 20.5. The van der Waals surface area contributed by atoms with Crippen LogP contribution in [0.2, 0.25) is 0 Å². The van der Waals surface area contributed by atoms with Crippen LogP contribution in [0.3, 0.4) is 0 Å². The number of amides is 1. The van der Waals surface area contributed by atoms with Crippen LogP contribution in [0.15, 0.2) is 51.9 Å². The standard InChI is InChI=1S/C23H22BrN3O3/c1-14-6-11-18-22(30)19(21(29)15-7-9-16(24)10-8-15)12-27(23(18)25-14)13-20(28)26-17-4-2-3-5-17/h6-12,17H,2-5,13H2,1H3,(H,26,28). The zero-order chi connectivity index (χ0) is 21.3. The summed E-state index contributed by atoms with van der Waals surface area (Å²) in [6, 6.07) is 10.5. The summed E-state index contributed by atoms with van der Waals surface area (Å²) in [5.74, 6) is -0.517. The highest BCUT2D eigenvalue weighted by molar-refractivity contribution is 9.10. The molecular formula is C23H22BrN3O3. The average Bonchev–Trinajstić information content (AvgIpc) is 3.23. The van der Waals surface area contributed by atoms with Crippen molar-refractivity contribution >= 4 is 38.7 Å². The van der Waals surface area contributed by atoms with E-state index in [1.54, 1.807) is 41.0 Å². The minimum Gasteiger partial charge on any atom is -0.352 e. The molecule has 2 heterocycles. The van der Waals surface area contributed by atoms with Crippen molar-refractivity contribution < 1.29 is 9.59 Å². The van der Waals surface area contributed by atoms with Crippen molar-refractivity contribution in [3.63, 3.8) is 0 Å². The molecule has 30 heavy (non-hydrogen) atoms. The van der Waals surface area contributed by atoms with Crippen LogP contribution in [-0.4, -0.2) is 27.3 Å². The molecular weight excluding hydrogens is 446 g/mol. The molecule has 1 aliphatic carbocycles. The molecule has 1 N–H and O–H groups in total. The minimum absolute atomic E-state index is 0.00432. The van der Waals surface area contributed by atoms with E-state index in [1.807, 2.05) is 6.92 Å². The molecule has 154 valence electrons. The molecule has 0 saturated heterocycles. The minimum atomic E-state index is -0.377. The highest BCUT2D eigenvalue weighted by atomic mass is 79.9. The summed E-state index contributed by atoms with van der Waals surface area (Å²) in [6.07, 6.45) is 5.69. The molecule has 0 radical (unpaired) electrons. The number of pyridine rings is 2. The van der Waals surface area contributed by atoms with Gasteiger partial charge < -0.3 is 9.88 Å². The van der Waals surface area contributed by atoms with E-state index in [0.29, 0.717) is 16.6 Å². The molecule has 0 atom stereocenters. The number of benzene rings is 1. The van der Waals surface area contributed by atoms with Gasteiger partial charge in [0, 0.05) is 28.0 Å². The molecule has 1 amide bonds. The zero-order valence-corrected chi connectivity index (χ0v) is 18.2. The number of nitrogens with one attached hydrogen (secondary N) is 1. The fourth-order valence-corrected chi connectivity index (χ4v) is 4.16. The number of aryl methyl sites for hydroxylation is 1. The Morgan fingerprint density at radius 2 is 1.83 bits per heavy atom. The van der Waals surface area contributed by atoms with Gasteiger partial charge in [0.25, 0.3) is 0 Å². The van der Waals surface area contributed by atoms with E-state index < -0.39 is 0 Å². The summed E-state index contributed by atoms with van der Waals surface area (Å²) in [5.41, 5.74) is 1.21. The third kappa shape index (κ3) is 4.21. The van der Waals surface area contributed by atoms with Crippen LogP contribution < -0.4 is 10.7 Å². The Balaban J connectivity index is 1.75. The number of rotatable bonds is 5. The summed E-state index contributed by atoms with van der Waals surface area (Å²) in [4.78, 5) is 43.2. The van der Waals surface area contributed by atoms with Crippen molar-refractivity contribution in [3.05, 3.63) is 74.1 Å². The number of halogens is 1. The van der Waals surface area contributed by atoms with E-state index in [4.69, 9.17) is 0 Å². The van der Waals surface area contributed by atoms with Crippen LogP contribution in [-0.2, 0) is 11.3 Å². The zero-order valence-electron chi connectivity index (χ0n) is 16.7. The molecule has 1 aromatic carbocycles. The van der Waals surface area contributed by atoms with Gasteiger partial charge in [0.15, 0.2) is 5.78 Å². The van der Waals surface area contributed by atoms with Crippen LogP contribution in [0.25, 0.3) is 11.0 Å². The molecule has 3 aromatic rings. The van der Waals surface area contributed by atoms with Crippen molar-refractivity contribution in [2.75, 3.05) is 0 Å². The van der Waals surface area contributed by atoms with Crippen LogP contribution in [0, 0.1) is 6.92 Å². The van der Waals surface area contributed by atoms with Crippen molar-refractivity contribution in [1.82, 2.24) is 14.9 Å². The summed E-state index contributed by atoms with van der Waals surface area (Å²) in [6.45, 7) is 1.83. The molecule has 0 bridgehead atoms. The van der Waals surface area contributed by atoms with Gasteiger partial charge in [0.2, 0.25) is 11.3 Å². The second-order valence-corrected chi connectivity index (χ2v) is 8.62. The monoisotopic (exact) mass is 467 g/mol. The fraction of sp³-hybridized carbons (Fsp3) is 0.304. The Labute approximate surface area is 182 Å². The number of hydrogen-bond donors (Lipinski definition) is 1. The quantitative estimate of drug-likeness (QED) is 0.579. The number of fused-ring (bicyclic) bond motifs is 1. The van der Waals surface area contributed by atoms with Gasteiger partial charge in [-0.25, -0.2) is 4.98 Å². The first-order valence-corrected chi connectivity index (χ1v) is 10.8. The van der Waals surface area contributed by atoms with Crippen molar-refractivity contribution in [2.45, 2.75) is 45.2 Å². The molecule has 0 spiro atoms. The summed E-state index contributed by atoms with van der Waals surface area (Å²) >= 11 is 3.35. The van der Waals surface area contributed by atoms with Crippen LogP contribution in [0.4, 0.5) is 0 Å². The SMILES string of the molecule is Cc1ccc2c(=O)c(C(=O)c3ccc(Br)cc3)cn(CC(=O)NC3CCCC3)c2n1. The lowest BCUT2D eigenvalue weighted by molar-refractivity contribution is -0.122. The van der Waals surface area contributed by atoms with Crippen LogP contribution in [0.5, 0.6) is 0 Å². The number of hydrogen-bond acceptors (Lipinski definition) is 4. The lowest BCUT2D eigenvalue weighted by atomic mass is 10.0. The molecule has 0 unspecified atom stereocenters. The predicted octanol–water partition coefficient (Wildman–Crippen LogP) is 3.76. The highest BCUT2D eigenvalue weighted by Crippen LogP contribution is 2.18. The van der Waals surface area contributed by atoms with E-state index in [1.165, 1.54) is 6.20 Å². The van der Waals surface area contributed by atoms with Crippen molar-refractivity contribution in [1.29, 1.82) is 0 Å². The number of aromatic nitrogens is 2. The fourth-order valence-electron chi connectivity index (χ4n) is 3.90. The lowest BCUT2D eigenvalue weighted by Gasteiger charge is -2.15. The molecule has 1 saturated carbocycles. The molecule has 0 aliphatic heterocycles. The first-order chi connectivity index (χ1) is 14.4.